The fourth-order valence-corrected chi connectivity index (χ4v) is 1.61. The fourth-order valence-electron chi connectivity index (χ4n) is 0.773. The molecule has 1 atom stereocenters. The molecule has 0 amide bonds. The lowest BCUT2D eigenvalue weighted by Gasteiger charge is -2.03. The average Bonchev–Trinajstić information content (AvgIpc) is 2.55. The van der Waals surface area contributed by atoms with Crippen molar-refractivity contribution in [2.45, 2.75) is 30.7 Å². The summed E-state index contributed by atoms with van der Waals surface area (Å²) in [7, 11) is 0. The number of nitrogens with zero attached hydrogens (tertiary/aromatic N) is 1. The molecule has 0 saturated heterocycles. The van der Waals surface area contributed by atoms with Crippen LogP contribution in [0, 0.1) is 0 Å². The summed E-state index contributed by atoms with van der Waals surface area (Å²) in [4.78, 5) is 15.1. The van der Waals surface area contributed by atoms with Crippen LogP contribution in [-0.2, 0) is 4.79 Å². The Morgan fingerprint density at radius 2 is 2.58 bits per heavy atom. The normalized spacial score (nSPS) is 12.8. The molecule has 0 fully saturated rings. The van der Waals surface area contributed by atoms with Gasteiger partial charge in [-0.3, -0.25) is 4.79 Å². The van der Waals surface area contributed by atoms with Gasteiger partial charge in [-0.25, -0.2) is 4.98 Å². The van der Waals surface area contributed by atoms with E-state index in [4.69, 9.17) is 4.42 Å². The zero-order valence-electron chi connectivity index (χ0n) is 7.11. The van der Waals surface area contributed by atoms with Gasteiger partial charge in [0.25, 0.3) is 5.22 Å². The zero-order chi connectivity index (χ0) is 8.97. The molecule has 1 unspecified atom stereocenters. The molecule has 0 bridgehead atoms. The van der Waals surface area contributed by atoms with Crippen LogP contribution in [-0.4, -0.2) is 16.0 Å². The minimum Gasteiger partial charge on any atom is -0.440 e. The molecule has 0 aliphatic heterocycles. The molecule has 0 aromatic carbocycles. The highest BCUT2D eigenvalue weighted by molar-refractivity contribution is 8.00. The van der Waals surface area contributed by atoms with E-state index in [1.54, 1.807) is 6.20 Å². The van der Waals surface area contributed by atoms with Crippen molar-refractivity contribution in [2.75, 3.05) is 0 Å². The Kier molecular flexibility index (Phi) is 3.34. The molecule has 0 radical (unpaired) electrons. The molecule has 3 nitrogen and oxygen atoms in total. The highest BCUT2D eigenvalue weighted by Crippen LogP contribution is 2.21. The Bertz CT molecular complexity index is 246. The number of Topliss-reactive ketones (excluding diaryl/α,β-unsaturated/α-hetero) is 1. The summed E-state index contributed by atoms with van der Waals surface area (Å²) in [5.41, 5.74) is 0. The van der Waals surface area contributed by atoms with Crippen molar-refractivity contribution in [3.05, 3.63) is 12.5 Å². The van der Waals surface area contributed by atoms with E-state index < -0.39 is 0 Å². The summed E-state index contributed by atoms with van der Waals surface area (Å²) in [5.74, 6) is 0.221. The number of hydrogen-bond acceptors (Lipinski definition) is 4. The van der Waals surface area contributed by atoms with E-state index in [1.807, 2.05) is 13.8 Å². The van der Waals surface area contributed by atoms with Crippen LogP contribution in [0.4, 0.5) is 0 Å². The Labute approximate surface area is 75.6 Å². The molecule has 1 rings (SSSR count). The lowest BCUT2D eigenvalue weighted by Crippen LogP contribution is -2.11. The van der Waals surface area contributed by atoms with Gasteiger partial charge in [0.2, 0.25) is 0 Å². The van der Waals surface area contributed by atoms with Crippen molar-refractivity contribution in [1.82, 2.24) is 4.98 Å². The number of oxazole rings is 1. The molecular weight excluding hydrogens is 174 g/mol. The Balaban J connectivity index is 2.47. The minimum absolute atomic E-state index is 0.0614. The van der Waals surface area contributed by atoms with Gasteiger partial charge in [0.15, 0.2) is 0 Å². The first kappa shape index (κ1) is 9.32. The lowest BCUT2D eigenvalue weighted by atomic mass is 10.2. The minimum atomic E-state index is -0.0614. The number of hydrogen-bond donors (Lipinski definition) is 0. The van der Waals surface area contributed by atoms with Crippen molar-refractivity contribution in [1.29, 1.82) is 0 Å². The number of carbonyl (C=O) groups excluding carboxylic acids is 1. The fraction of sp³-hybridized carbons (Fsp3) is 0.500. The van der Waals surface area contributed by atoms with Crippen LogP contribution in [0.2, 0.25) is 0 Å². The zero-order valence-corrected chi connectivity index (χ0v) is 7.93. The molecule has 0 spiro atoms. The molecule has 1 aromatic rings. The first-order valence-corrected chi connectivity index (χ1v) is 4.71. The van der Waals surface area contributed by atoms with E-state index in [-0.39, 0.29) is 11.0 Å². The number of ketones is 1. The smallest absolute Gasteiger partial charge is 0.256 e. The number of thioether (sulfide) groups is 1. The highest BCUT2D eigenvalue weighted by atomic mass is 32.2. The molecular formula is C8H11NO2S. The van der Waals surface area contributed by atoms with Gasteiger partial charge < -0.3 is 4.42 Å². The molecule has 0 N–H and O–H groups in total. The van der Waals surface area contributed by atoms with Crippen molar-refractivity contribution in [2.24, 2.45) is 0 Å². The molecule has 1 aromatic heterocycles. The Morgan fingerprint density at radius 1 is 1.83 bits per heavy atom. The predicted molar refractivity (Wildman–Crippen MR) is 47.1 cm³/mol. The maximum atomic E-state index is 11.1. The third-order valence-corrected chi connectivity index (χ3v) is 2.51. The molecule has 0 saturated carbocycles. The summed E-state index contributed by atoms with van der Waals surface area (Å²) in [5, 5.41) is 0.498. The molecule has 12 heavy (non-hydrogen) atoms. The van der Waals surface area contributed by atoms with Crippen LogP contribution >= 0.6 is 11.8 Å². The highest BCUT2D eigenvalue weighted by Gasteiger charge is 2.13. The SMILES string of the molecule is CCC(=O)C(C)Sc1ncco1. The van der Waals surface area contributed by atoms with Crippen molar-refractivity contribution in [3.63, 3.8) is 0 Å². The van der Waals surface area contributed by atoms with Crippen LogP contribution in [0.1, 0.15) is 20.3 Å². The van der Waals surface area contributed by atoms with E-state index in [2.05, 4.69) is 4.98 Å². The van der Waals surface area contributed by atoms with Crippen LogP contribution < -0.4 is 0 Å². The van der Waals surface area contributed by atoms with E-state index in [0.717, 1.165) is 0 Å². The standard InChI is InChI=1S/C8H11NO2S/c1-3-7(10)6(2)12-8-9-4-5-11-8/h4-6H,3H2,1-2H3. The van der Waals surface area contributed by atoms with E-state index in [0.29, 0.717) is 11.6 Å². The Hall–Kier alpha value is -0.770. The third kappa shape index (κ3) is 2.37. The second kappa shape index (κ2) is 4.30. The van der Waals surface area contributed by atoms with Gasteiger partial charge in [-0.2, -0.15) is 0 Å². The second-order valence-electron chi connectivity index (χ2n) is 2.38. The van der Waals surface area contributed by atoms with Crippen molar-refractivity contribution < 1.29 is 9.21 Å². The van der Waals surface area contributed by atoms with Gasteiger partial charge in [0, 0.05) is 6.42 Å². The third-order valence-electron chi connectivity index (χ3n) is 1.49. The van der Waals surface area contributed by atoms with Crippen LogP contribution in [0.25, 0.3) is 0 Å². The maximum Gasteiger partial charge on any atom is 0.256 e. The Morgan fingerprint density at radius 3 is 3.08 bits per heavy atom. The van der Waals surface area contributed by atoms with Gasteiger partial charge in [-0.15, -0.1) is 0 Å². The summed E-state index contributed by atoms with van der Waals surface area (Å²) in [6.45, 7) is 3.72. The topological polar surface area (TPSA) is 43.1 Å². The van der Waals surface area contributed by atoms with Crippen molar-refractivity contribution in [3.8, 4) is 0 Å². The average molecular weight is 185 g/mol. The largest absolute Gasteiger partial charge is 0.440 e. The molecule has 4 heteroatoms. The monoisotopic (exact) mass is 185 g/mol. The van der Waals surface area contributed by atoms with Crippen LogP contribution in [0.15, 0.2) is 22.1 Å². The molecule has 0 aliphatic carbocycles. The van der Waals surface area contributed by atoms with Gasteiger partial charge in [0.05, 0.1) is 11.4 Å². The molecule has 0 aliphatic rings. The van der Waals surface area contributed by atoms with E-state index in [9.17, 15) is 4.79 Å². The maximum absolute atomic E-state index is 11.1. The second-order valence-corrected chi connectivity index (χ2v) is 3.67. The molecule has 66 valence electrons. The summed E-state index contributed by atoms with van der Waals surface area (Å²) in [6.07, 6.45) is 3.64. The first-order valence-electron chi connectivity index (χ1n) is 3.83. The van der Waals surface area contributed by atoms with Gasteiger partial charge >= 0.3 is 0 Å². The summed E-state index contributed by atoms with van der Waals surface area (Å²) >= 11 is 1.36. The van der Waals surface area contributed by atoms with Gasteiger partial charge in [-0.1, -0.05) is 18.7 Å². The molecule has 1 heterocycles. The van der Waals surface area contributed by atoms with Crippen LogP contribution in [0.5, 0.6) is 0 Å². The summed E-state index contributed by atoms with van der Waals surface area (Å²) in [6, 6.07) is 0. The number of rotatable bonds is 4. The van der Waals surface area contributed by atoms with E-state index >= 15 is 0 Å². The predicted octanol–water partition coefficient (Wildman–Crippen LogP) is 2.13. The number of carbonyl (C=O) groups is 1. The lowest BCUT2D eigenvalue weighted by molar-refractivity contribution is -0.118. The number of aromatic nitrogens is 1. The van der Waals surface area contributed by atoms with Gasteiger partial charge in [0.1, 0.15) is 12.0 Å². The van der Waals surface area contributed by atoms with Crippen molar-refractivity contribution >= 4 is 17.5 Å². The van der Waals surface area contributed by atoms with E-state index in [1.165, 1.54) is 18.0 Å². The summed E-state index contributed by atoms with van der Waals surface area (Å²) < 4.78 is 5.00. The first-order chi connectivity index (χ1) is 5.74. The quantitative estimate of drug-likeness (QED) is 0.674. The van der Waals surface area contributed by atoms with Crippen LogP contribution in [0.3, 0.4) is 0 Å². The van der Waals surface area contributed by atoms with Gasteiger partial charge in [-0.05, 0) is 6.92 Å².